The van der Waals surface area contributed by atoms with Crippen LogP contribution in [-0.4, -0.2) is 5.91 Å². The fraction of sp³-hybridized carbons (Fsp3) is 0.133. The summed E-state index contributed by atoms with van der Waals surface area (Å²) in [7, 11) is 0. The van der Waals surface area contributed by atoms with E-state index in [1.807, 2.05) is 19.1 Å². The second kappa shape index (κ2) is 6.05. The van der Waals surface area contributed by atoms with Crippen molar-refractivity contribution in [2.24, 2.45) is 0 Å². The first-order valence-electron chi connectivity index (χ1n) is 6.02. The molecule has 110 valence electrons. The third-order valence-electron chi connectivity index (χ3n) is 2.89. The van der Waals surface area contributed by atoms with Gasteiger partial charge in [0.2, 0.25) is 0 Å². The lowest BCUT2D eigenvalue weighted by atomic mass is 10.1. The zero-order chi connectivity index (χ0) is 15.6. The van der Waals surface area contributed by atoms with E-state index in [0.29, 0.717) is 5.69 Å². The van der Waals surface area contributed by atoms with Crippen LogP contribution in [0.4, 0.5) is 18.9 Å². The van der Waals surface area contributed by atoms with Crippen LogP contribution in [0.25, 0.3) is 0 Å². The molecule has 0 bridgehead atoms. The maximum Gasteiger partial charge on any atom is 0.416 e. The highest BCUT2D eigenvalue weighted by Crippen LogP contribution is 2.29. The average molecular weight is 405 g/mol. The van der Waals surface area contributed by atoms with Crippen LogP contribution >= 0.6 is 22.6 Å². The number of carbonyl (C=O) groups excluding carboxylic acids is 1. The minimum absolute atomic E-state index is 0.0252. The lowest BCUT2D eigenvalue weighted by molar-refractivity contribution is -0.137. The molecular formula is C15H11F3INO. The molecule has 0 aliphatic rings. The third-order valence-corrected chi connectivity index (χ3v) is 3.56. The molecule has 2 aromatic rings. The van der Waals surface area contributed by atoms with Gasteiger partial charge in [0.05, 0.1) is 5.56 Å². The standard InChI is InChI=1S/C15H11F3INO/c1-9-7-12(19)5-6-13(9)20-14(21)10-3-2-4-11(8-10)15(16,17)18/h2-8H,1H3,(H,20,21). The van der Waals surface area contributed by atoms with Gasteiger partial charge in [0.1, 0.15) is 0 Å². The van der Waals surface area contributed by atoms with E-state index in [1.54, 1.807) is 6.07 Å². The van der Waals surface area contributed by atoms with Gasteiger partial charge >= 0.3 is 6.18 Å². The number of amides is 1. The molecule has 0 heterocycles. The zero-order valence-corrected chi connectivity index (χ0v) is 13.1. The number of carbonyl (C=O) groups is 1. The van der Waals surface area contributed by atoms with Gasteiger partial charge in [-0.05, 0) is 71.5 Å². The van der Waals surface area contributed by atoms with Crippen LogP contribution < -0.4 is 5.32 Å². The van der Waals surface area contributed by atoms with E-state index < -0.39 is 17.6 Å². The van der Waals surface area contributed by atoms with Crippen LogP contribution in [-0.2, 0) is 6.18 Å². The lowest BCUT2D eigenvalue weighted by Crippen LogP contribution is -2.14. The van der Waals surface area contributed by atoms with Crippen molar-refractivity contribution in [1.29, 1.82) is 0 Å². The first-order valence-corrected chi connectivity index (χ1v) is 7.10. The molecule has 0 aliphatic heterocycles. The summed E-state index contributed by atoms with van der Waals surface area (Å²) in [5.41, 5.74) is 0.567. The van der Waals surface area contributed by atoms with Gasteiger partial charge in [0, 0.05) is 14.8 Å². The number of alkyl halides is 3. The maximum absolute atomic E-state index is 12.6. The number of benzene rings is 2. The van der Waals surface area contributed by atoms with Crippen molar-refractivity contribution in [3.8, 4) is 0 Å². The topological polar surface area (TPSA) is 29.1 Å². The van der Waals surface area contributed by atoms with Crippen LogP contribution in [0.15, 0.2) is 42.5 Å². The Kier molecular flexibility index (Phi) is 4.55. The summed E-state index contributed by atoms with van der Waals surface area (Å²) in [5, 5.41) is 2.62. The minimum Gasteiger partial charge on any atom is -0.322 e. The van der Waals surface area contributed by atoms with Gasteiger partial charge in [-0.25, -0.2) is 0 Å². The number of rotatable bonds is 2. The highest BCUT2D eigenvalue weighted by Gasteiger charge is 2.30. The van der Waals surface area contributed by atoms with Crippen molar-refractivity contribution in [2.75, 3.05) is 5.32 Å². The van der Waals surface area contributed by atoms with Gasteiger partial charge in [-0.15, -0.1) is 0 Å². The quantitative estimate of drug-likeness (QED) is 0.710. The normalized spacial score (nSPS) is 11.3. The van der Waals surface area contributed by atoms with Crippen molar-refractivity contribution >= 4 is 34.2 Å². The molecule has 2 aromatic carbocycles. The Bertz CT molecular complexity index is 683. The van der Waals surface area contributed by atoms with E-state index in [4.69, 9.17) is 0 Å². The molecule has 0 saturated carbocycles. The summed E-state index contributed by atoms with van der Waals surface area (Å²) in [6, 6.07) is 9.77. The molecule has 21 heavy (non-hydrogen) atoms. The number of nitrogens with one attached hydrogen (secondary N) is 1. The van der Waals surface area contributed by atoms with Gasteiger partial charge in [-0.1, -0.05) is 6.07 Å². The van der Waals surface area contributed by atoms with Crippen LogP contribution in [0.1, 0.15) is 21.5 Å². The third kappa shape index (κ3) is 3.96. The number of anilines is 1. The summed E-state index contributed by atoms with van der Waals surface area (Å²) in [6.07, 6.45) is -4.46. The minimum atomic E-state index is -4.46. The Hall–Kier alpha value is -1.57. The molecule has 2 nitrogen and oxygen atoms in total. The average Bonchev–Trinajstić information content (AvgIpc) is 2.41. The van der Waals surface area contributed by atoms with Gasteiger partial charge in [-0.2, -0.15) is 13.2 Å². The molecule has 1 N–H and O–H groups in total. The number of hydrogen-bond acceptors (Lipinski definition) is 1. The fourth-order valence-electron chi connectivity index (χ4n) is 1.80. The number of hydrogen-bond donors (Lipinski definition) is 1. The predicted molar refractivity (Wildman–Crippen MR) is 83.3 cm³/mol. The van der Waals surface area contributed by atoms with Crippen molar-refractivity contribution in [3.63, 3.8) is 0 Å². The van der Waals surface area contributed by atoms with Crippen LogP contribution in [0.3, 0.4) is 0 Å². The summed E-state index contributed by atoms with van der Waals surface area (Å²) in [6.45, 7) is 1.82. The molecule has 0 spiro atoms. The number of halogens is 4. The van der Waals surface area contributed by atoms with E-state index in [-0.39, 0.29) is 5.56 Å². The van der Waals surface area contributed by atoms with Crippen molar-refractivity contribution < 1.29 is 18.0 Å². The summed E-state index contributed by atoms with van der Waals surface area (Å²) in [4.78, 5) is 12.1. The molecule has 1 amide bonds. The first kappa shape index (κ1) is 15.8. The van der Waals surface area contributed by atoms with E-state index >= 15 is 0 Å². The highest BCUT2D eigenvalue weighted by atomic mass is 127. The molecule has 0 saturated heterocycles. The van der Waals surface area contributed by atoms with Gasteiger partial charge < -0.3 is 5.32 Å². The Morgan fingerprint density at radius 2 is 1.86 bits per heavy atom. The monoisotopic (exact) mass is 405 g/mol. The van der Waals surface area contributed by atoms with E-state index in [0.717, 1.165) is 21.3 Å². The second-order valence-electron chi connectivity index (χ2n) is 4.49. The van der Waals surface area contributed by atoms with Crippen molar-refractivity contribution in [3.05, 3.63) is 62.7 Å². The molecule has 0 aliphatic carbocycles. The first-order chi connectivity index (χ1) is 9.77. The molecule has 0 unspecified atom stereocenters. The van der Waals surface area contributed by atoms with E-state index in [9.17, 15) is 18.0 Å². The van der Waals surface area contributed by atoms with E-state index in [1.165, 1.54) is 12.1 Å². The summed E-state index contributed by atoms with van der Waals surface area (Å²) >= 11 is 2.14. The van der Waals surface area contributed by atoms with E-state index in [2.05, 4.69) is 27.9 Å². The Morgan fingerprint density at radius 1 is 1.14 bits per heavy atom. The lowest BCUT2D eigenvalue weighted by Gasteiger charge is -2.11. The zero-order valence-electron chi connectivity index (χ0n) is 11.0. The second-order valence-corrected chi connectivity index (χ2v) is 5.74. The Balaban J connectivity index is 2.25. The van der Waals surface area contributed by atoms with Crippen molar-refractivity contribution in [2.45, 2.75) is 13.1 Å². The van der Waals surface area contributed by atoms with Gasteiger partial charge in [-0.3, -0.25) is 4.79 Å². The van der Waals surface area contributed by atoms with Crippen LogP contribution in [0, 0.1) is 10.5 Å². The summed E-state index contributed by atoms with van der Waals surface area (Å²) in [5.74, 6) is -0.564. The molecule has 0 fully saturated rings. The molecule has 0 aromatic heterocycles. The predicted octanol–water partition coefficient (Wildman–Crippen LogP) is 4.87. The van der Waals surface area contributed by atoms with Crippen LogP contribution in [0.5, 0.6) is 0 Å². The smallest absolute Gasteiger partial charge is 0.322 e. The highest BCUT2D eigenvalue weighted by molar-refractivity contribution is 14.1. The van der Waals surface area contributed by atoms with Gasteiger partial charge in [0.25, 0.3) is 5.91 Å². The summed E-state index contributed by atoms with van der Waals surface area (Å²) < 4.78 is 38.9. The Morgan fingerprint density at radius 3 is 2.48 bits per heavy atom. The molecule has 0 atom stereocenters. The largest absolute Gasteiger partial charge is 0.416 e. The fourth-order valence-corrected chi connectivity index (χ4v) is 2.45. The number of aryl methyl sites for hydroxylation is 1. The van der Waals surface area contributed by atoms with Gasteiger partial charge in [0.15, 0.2) is 0 Å². The molecule has 6 heteroatoms. The molecular weight excluding hydrogens is 394 g/mol. The Labute approximate surface area is 133 Å². The van der Waals surface area contributed by atoms with Crippen LogP contribution in [0.2, 0.25) is 0 Å². The molecule has 0 radical (unpaired) electrons. The SMILES string of the molecule is Cc1cc(I)ccc1NC(=O)c1cccc(C(F)(F)F)c1. The molecule has 2 rings (SSSR count). The van der Waals surface area contributed by atoms with Crippen molar-refractivity contribution in [1.82, 2.24) is 0 Å². The maximum atomic E-state index is 12.6.